The summed E-state index contributed by atoms with van der Waals surface area (Å²) in [6, 6.07) is 17.7. The van der Waals surface area contributed by atoms with Gasteiger partial charge < -0.3 is 4.74 Å². The van der Waals surface area contributed by atoms with Crippen LogP contribution in [0.5, 0.6) is 0 Å². The molecule has 6 nitrogen and oxygen atoms in total. The van der Waals surface area contributed by atoms with Crippen LogP contribution in [0.4, 0.5) is 0 Å². The van der Waals surface area contributed by atoms with Crippen LogP contribution >= 0.6 is 0 Å². The molecule has 6 heteroatoms. The number of hydrogen-bond donors (Lipinski definition) is 1. The first-order valence-corrected chi connectivity index (χ1v) is 10.3. The lowest BCUT2D eigenvalue weighted by atomic mass is 9.99. The van der Waals surface area contributed by atoms with Gasteiger partial charge in [0.25, 0.3) is 5.91 Å². The highest BCUT2D eigenvalue weighted by Gasteiger charge is 2.34. The molecule has 1 aliphatic heterocycles. The van der Waals surface area contributed by atoms with Gasteiger partial charge in [0, 0.05) is 5.56 Å². The number of esters is 1. The summed E-state index contributed by atoms with van der Waals surface area (Å²) in [6.07, 6.45) is 1.05. The normalized spacial score (nSPS) is 17.5. The van der Waals surface area contributed by atoms with Gasteiger partial charge in [0.15, 0.2) is 0 Å². The van der Waals surface area contributed by atoms with Gasteiger partial charge in [0.05, 0.1) is 12.6 Å². The minimum Gasteiger partial charge on any atom is -0.456 e. The molecule has 0 spiro atoms. The van der Waals surface area contributed by atoms with Crippen molar-refractivity contribution >= 4 is 17.8 Å². The number of ether oxygens (including phenoxy) is 1. The second kappa shape index (κ2) is 10.2. The summed E-state index contributed by atoms with van der Waals surface area (Å²) in [5.41, 5.74) is 1.38. The molecule has 158 valence electrons. The van der Waals surface area contributed by atoms with Crippen LogP contribution in [0.15, 0.2) is 60.7 Å². The van der Waals surface area contributed by atoms with Crippen molar-refractivity contribution in [1.29, 1.82) is 0 Å². The molecule has 0 radical (unpaired) electrons. The van der Waals surface area contributed by atoms with Crippen LogP contribution in [0.3, 0.4) is 0 Å². The van der Waals surface area contributed by atoms with Gasteiger partial charge in [-0.25, -0.2) is 0 Å². The number of imide groups is 1. The summed E-state index contributed by atoms with van der Waals surface area (Å²) in [5.74, 6) is -1.05. The molecule has 2 amide bonds. The number of nitrogens with zero attached hydrogens (tertiary/aromatic N) is 1. The lowest BCUT2D eigenvalue weighted by Crippen LogP contribution is -2.47. The van der Waals surface area contributed by atoms with Crippen LogP contribution < -0.4 is 5.32 Å². The van der Waals surface area contributed by atoms with E-state index < -0.39 is 11.9 Å². The number of carbonyl (C=O) groups excluding carboxylic acids is 3. The average molecular weight is 408 g/mol. The second-order valence-electron chi connectivity index (χ2n) is 7.88. The predicted octanol–water partition coefficient (Wildman–Crippen LogP) is 3.35. The zero-order chi connectivity index (χ0) is 21.5. The molecule has 1 aliphatic rings. The smallest absolute Gasteiger partial charge is 0.320 e. The fourth-order valence-corrected chi connectivity index (χ4v) is 3.75. The van der Waals surface area contributed by atoms with Gasteiger partial charge in [-0.1, -0.05) is 62.4 Å². The van der Waals surface area contributed by atoms with E-state index in [9.17, 15) is 14.4 Å². The van der Waals surface area contributed by atoms with Gasteiger partial charge in [-0.15, -0.1) is 0 Å². The topological polar surface area (TPSA) is 75.7 Å². The summed E-state index contributed by atoms with van der Waals surface area (Å²) in [4.78, 5) is 39.3. The van der Waals surface area contributed by atoms with Crippen molar-refractivity contribution in [2.45, 2.75) is 38.8 Å². The first-order valence-electron chi connectivity index (χ1n) is 10.3. The van der Waals surface area contributed by atoms with Gasteiger partial charge >= 0.3 is 5.97 Å². The summed E-state index contributed by atoms with van der Waals surface area (Å²) in [7, 11) is 0. The molecule has 0 unspecified atom stereocenters. The van der Waals surface area contributed by atoms with Crippen molar-refractivity contribution in [3.05, 3.63) is 71.8 Å². The van der Waals surface area contributed by atoms with Crippen molar-refractivity contribution in [2.24, 2.45) is 5.92 Å². The van der Waals surface area contributed by atoms with Crippen LogP contribution in [-0.4, -0.2) is 41.8 Å². The van der Waals surface area contributed by atoms with E-state index in [1.807, 2.05) is 50.2 Å². The Bertz CT molecular complexity index is 867. The lowest BCUT2D eigenvalue weighted by molar-refractivity contribution is -0.153. The third kappa shape index (κ3) is 5.54. The fraction of sp³-hybridized carbons (Fsp3) is 0.375. The number of hydrogen-bond acceptors (Lipinski definition) is 5. The van der Waals surface area contributed by atoms with E-state index in [1.54, 1.807) is 29.2 Å². The molecule has 1 heterocycles. The first kappa shape index (κ1) is 21.7. The van der Waals surface area contributed by atoms with E-state index in [1.165, 1.54) is 0 Å². The predicted molar refractivity (Wildman–Crippen MR) is 114 cm³/mol. The van der Waals surface area contributed by atoms with Gasteiger partial charge in [0.2, 0.25) is 5.91 Å². The van der Waals surface area contributed by atoms with Crippen LogP contribution in [0.25, 0.3) is 0 Å². The molecule has 1 saturated heterocycles. The van der Waals surface area contributed by atoms with E-state index >= 15 is 0 Å². The average Bonchev–Trinajstić information content (AvgIpc) is 3.21. The van der Waals surface area contributed by atoms with Crippen molar-refractivity contribution in [3.63, 3.8) is 0 Å². The molecular formula is C24H28N2O4. The van der Waals surface area contributed by atoms with Gasteiger partial charge in [-0.3, -0.25) is 24.6 Å². The Kier molecular flexibility index (Phi) is 7.36. The van der Waals surface area contributed by atoms with E-state index in [0.717, 1.165) is 12.0 Å². The number of carbonyl (C=O) groups is 3. The molecular weight excluding hydrogens is 380 g/mol. The quantitative estimate of drug-likeness (QED) is 0.562. The van der Waals surface area contributed by atoms with Crippen molar-refractivity contribution in [2.75, 3.05) is 13.1 Å². The number of benzene rings is 2. The van der Waals surface area contributed by atoms with Crippen molar-refractivity contribution in [1.82, 2.24) is 10.2 Å². The molecule has 1 fully saturated rings. The Morgan fingerprint density at radius 1 is 1.03 bits per heavy atom. The molecule has 2 aromatic rings. The molecule has 2 atom stereocenters. The van der Waals surface area contributed by atoms with E-state index in [0.29, 0.717) is 18.5 Å². The Morgan fingerprint density at radius 2 is 1.67 bits per heavy atom. The van der Waals surface area contributed by atoms with Crippen LogP contribution in [0.2, 0.25) is 0 Å². The van der Waals surface area contributed by atoms with Crippen molar-refractivity contribution in [3.8, 4) is 0 Å². The molecule has 0 aromatic heterocycles. The number of amides is 2. The highest BCUT2D eigenvalue weighted by atomic mass is 16.5. The highest BCUT2D eigenvalue weighted by Crippen LogP contribution is 2.26. The molecule has 0 bridgehead atoms. The minimum atomic E-state index is -0.514. The van der Waals surface area contributed by atoms with Gasteiger partial charge in [-0.2, -0.15) is 0 Å². The summed E-state index contributed by atoms with van der Waals surface area (Å²) >= 11 is 0. The molecule has 0 aliphatic carbocycles. The highest BCUT2D eigenvalue weighted by molar-refractivity contribution is 6.06. The zero-order valence-electron chi connectivity index (χ0n) is 17.4. The summed E-state index contributed by atoms with van der Waals surface area (Å²) in [5, 5.41) is 2.45. The minimum absolute atomic E-state index is 0.0215. The standard InChI is InChI=1S/C24H28N2O4/c1-17(2)22(18-10-5-3-6-11-18)30-21(27)16-26-15-9-14-20(26)24(29)25-23(28)19-12-7-4-8-13-19/h3-8,10-13,17,20,22H,9,14-16H2,1-2H3,(H,25,28,29)/t20-,22-/m0/s1. The lowest BCUT2D eigenvalue weighted by Gasteiger charge is -2.26. The van der Waals surface area contributed by atoms with E-state index in [4.69, 9.17) is 4.74 Å². The third-order valence-electron chi connectivity index (χ3n) is 5.26. The molecule has 1 N–H and O–H groups in total. The maximum Gasteiger partial charge on any atom is 0.320 e. The van der Waals surface area contributed by atoms with E-state index in [2.05, 4.69) is 5.32 Å². The Hall–Kier alpha value is -2.99. The summed E-state index contributed by atoms with van der Waals surface area (Å²) in [6.45, 7) is 4.65. The zero-order valence-corrected chi connectivity index (χ0v) is 17.4. The van der Waals surface area contributed by atoms with Gasteiger partial charge in [0.1, 0.15) is 6.10 Å². The Labute approximate surface area is 177 Å². The van der Waals surface area contributed by atoms with E-state index in [-0.39, 0.29) is 30.4 Å². The maximum atomic E-state index is 12.6. The largest absolute Gasteiger partial charge is 0.456 e. The van der Waals surface area contributed by atoms with Gasteiger partial charge in [-0.05, 0) is 43.0 Å². The monoisotopic (exact) mass is 408 g/mol. The first-order chi connectivity index (χ1) is 14.5. The summed E-state index contributed by atoms with van der Waals surface area (Å²) < 4.78 is 5.76. The fourth-order valence-electron chi connectivity index (χ4n) is 3.75. The molecule has 3 rings (SSSR count). The maximum absolute atomic E-state index is 12.6. The Morgan fingerprint density at radius 3 is 2.30 bits per heavy atom. The third-order valence-corrected chi connectivity index (χ3v) is 5.26. The van der Waals surface area contributed by atoms with Crippen LogP contribution in [0, 0.1) is 5.92 Å². The number of nitrogens with one attached hydrogen (secondary N) is 1. The van der Waals surface area contributed by atoms with Crippen molar-refractivity contribution < 1.29 is 19.1 Å². The SMILES string of the molecule is CC(C)[C@H](OC(=O)CN1CCC[C@H]1C(=O)NC(=O)c1ccccc1)c1ccccc1. The molecule has 0 saturated carbocycles. The Balaban J connectivity index is 1.59. The van der Waals surface area contributed by atoms with Crippen LogP contribution in [-0.2, 0) is 14.3 Å². The second-order valence-corrected chi connectivity index (χ2v) is 7.88. The molecule has 2 aromatic carbocycles. The number of rotatable bonds is 7. The molecule has 30 heavy (non-hydrogen) atoms. The van der Waals surface area contributed by atoms with Crippen LogP contribution in [0.1, 0.15) is 48.7 Å². The number of likely N-dealkylation sites (tertiary alicyclic amines) is 1.